The van der Waals surface area contributed by atoms with Crippen molar-refractivity contribution in [3.05, 3.63) is 60.3 Å². The van der Waals surface area contributed by atoms with Crippen LogP contribution in [0.15, 0.2) is 59.5 Å². The van der Waals surface area contributed by atoms with Gasteiger partial charge in [-0.1, -0.05) is 35.5 Å². The van der Waals surface area contributed by atoms with Crippen molar-refractivity contribution in [2.24, 2.45) is 0 Å². The van der Waals surface area contributed by atoms with Crippen LogP contribution in [0.3, 0.4) is 0 Å². The number of hydrogen-bond donors (Lipinski definition) is 1. The fourth-order valence-corrected chi connectivity index (χ4v) is 2.93. The van der Waals surface area contributed by atoms with Crippen molar-refractivity contribution in [1.82, 2.24) is 15.0 Å². The zero-order valence-corrected chi connectivity index (χ0v) is 13.4. The van der Waals surface area contributed by atoms with Crippen LogP contribution in [0.2, 0.25) is 0 Å². The third-order valence-electron chi connectivity index (χ3n) is 3.43. The number of carboxylic acids is 1. The lowest BCUT2D eigenvalue weighted by Gasteiger charge is -2.08. The van der Waals surface area contributed by atoms with Gasteiger partial charge in [0.05, 0.1) is 10.6 Å². The molecule has 24 heavy (non-hydrogen) atoms. The molecule has 0 saturated heterocycles. The second-order valence-corrected chi connectivity index (χ2v) is 7.15. The van der Waals surface area contributed by atoms with Crippen molar-refractivity contribution >= 4 is 15.8 Å². The van der Waals surface area contributed by atoms with Gasteiger partial charge < -0.3 is 5.11 Å². The summed E-state index contributed by atoms with van der Waals surface area (Å²) in [5, 5.41) is 17.0. The molecule has 7 nitrogen and oxygen atoms in total. The van der Waals surface area contributed by atoms with E-state index in [1.165, 1.54) is 16.8 Å². The van der Waals surface area contributed by atoms with Crippen LogP contribution in [0.4, 0.5) is 0 Å². The molecule has 3 aromatic rings. The Morgan fingerprint density at radius 2 is 1.67 bits per heavy atom. The summed E-state index contributed by atoms with van der Waals surface area (Å²) in [5.41, 5.74) is 1.32. The quantitative estimate of drug-likeness (QED) is 0.778. The average Bonchev–Trinajstić information content (AvgIpc) is 3.00. The number of hydrogen-bond acceptors (Lipinski definition) is 5. The largest absolute Gasteiger partial charge is 0.476 e. The number of sulfone groups is 1. The highest BCUT2D eigenvalue weighted by atomic mass is 32.2. The molecule has 0 unspecified atom stereocenters. The van der Waals surface area contributed by atoms with Gasteiger partial charge in [0.1, 0.15) is 5.69 Å². The van der Waals surface area contributed by atoms with Gasteiger partial charge in [-0.3, -0.25) is 0 Å². The second-order valence-electron chi connectivity index (χ2n) is 5.14. The standard InChI is InChI=1S/C16H13N3O4S/c1-24(22,23)13-9-7-12(8-10-13)19-15(11-5-3-2-4-6-11)14(16(20)21)17-18-19/h2-10H,1H3,(H,20,21). The van der Waals surface area contributed by atoms with E-state index in [0.29, 0.717) is 16.9 Å². The first-order chi connectivity index (χ1) is 11.4. The van der Waals surface area contributed by atoms with Gasteiger partial charge in [-0.25, -0.2) is 17.9 Å². The first-order valence-electron chi connectivity index (χ1n) is 6.93. The van der Waals surface area contributed by atoms with Crippen LogP contribution in [0.25, 0.3) is 16.9 Å². The molecular formula is C16H13N3O4S. The van der Waals surface area contributed by atoms with E-state index in [2.05, 4.69) is 10.3 Å². The Labute approximate surface area is 138 Å². The molecule has 1 aromatic heterocycles. The van der Waals surface area contributed by atoms with Gasteiger partial charge in [0.25, 0.3) is 0 Å². The Morgan fingerprint density at radius 3 is 2.21 bits per heavy atom. The average molecular weight is 343 g/mol. The predicted octanol–water partition coefficient (Wildman–Crippen LogP) is 2.04. The molecule has 0 bridgehead atoms. The first-order valence-corrected chi connectivity index (χ1v) is 8.82. The molecule has 0 atom stereocenters. The summed E-state index contributed by atoms with van der Waals surface area (Å²) in [6.07, 6.45) is 1.12. The minimum atomic E-state index is -3.31. The van der Waals surface area contributed by atoms with Crippen LogP contribution in [0.1, 0.15) is 10.5 Å². The maximum Gasteiger partial charge on any atom is 0.358 e. The summed E-state index contributed by atoms with van der Waals surface area (Å²) in [5.74, 6) is -1.19. The molecule has 0 radical (unpaired) electrons. The summed E-state index contributed by atoms with van der Waals surface area (Å²) < 4.78 is 24.5. The van der Waals surface area contributed by atoms with E-state index in [-0.39, 0.29) is 10.6 Å². The zero-order valence-electron chi connectivity index (χ0n) is 12.6. The Kier molecular flexibility index (Phi) is 3.90. The van der Waals surface area contributed by atoms with Crippen LogP contribution in [-0.2, 0) is 9.84 Å². The lowest BCUT2D eigenvalue weighted by molar-refractivity contribution is 0.0691. The number of benzene rings is 2. The Morgan fingerprint density at radius 1 is 1.04 bits per heavy atom. The number of rotatable bonds is 4. The van der Waals surface area contributed by atoms with E-state index in [0.717, 1.165) is 6.26 Å². The Bertz CT molecular complexity index is 994. The Hall–Kier alpha value is -3.00. The monoisotopic (exact) mass is 343 g/mol. The van der Waals surface area contributed by atoms with Crippen molar-refractivity contribution in [3.63, 3.8) is 0 Å². The zero-order chi connectivity index (χ0) is 17.3. The molecule has 0 aliphatic carbocycles. The molecule has 1 heterocycles. The molecule has 0 aliphatic heterocycles. The fraction of sp³-hybridized carbons (Fsp3) is 0.0625. The van der Waals surface area contributed by atoms with Crippen LogP contribution in [0, 0.1) is 0 Å². The lowest BCUT2D eigenvalue weighted by Crippen LogP contribution is -2.04. The van der Waals surface area contributed by atoms with E-state index < -0.39 is 15.8 Å². The summed E-state index contributed by atoms with van der Waals surface area (Å²) >= 11 is 0. The molecule has 0 fully saturated rings. The highest BCUT2D eigenvalue weighted by Crippen LogP contribution is 2.25. The van der Waals surface area contributed by atoms with Crippen LogP contribution in [0.5, 0.6) is 0 Å². The normalized spacial score (nSPS) is 11.4. The van der Waals surface area contributed by atoms with E-state index in [1.54, 1.807) is 36.4 Å². The van der Waals surface area contributed by atoms with Gasteiger partial charge in [0.2, 0.25) is 0 Å². The topological polar surface area (TPSA) is 102 Å². The SMILES string of the molecule is CS(=O)(=O)c1ccc(-n2nnc(C(=O)O)c2-c2ccccc2)cc1. The molecule has 8 heteroatoms. The predicted molar refractivity (Wildman–Crippen MR) is 86.9 cm³/mol. The Balaban J connectivity index is 2.17. The van der Waals surface area contributed by atoms with Crippen molar-refractivity contribution in [2.75, 3.05) is 6.26 Å². The third-order valence-corrected chi connectivity index (χ3v) is 4.56. The van der Waals surface area contributed by atoms with Crippen molar-refractivity contribution in [2.45, 2.75) is 4.90 Å². The van der Waals surface area contributed by atoms with Gasteiger partial charge in [-0.05, 0) is 24.3 Å². The van der Waals surface area contributed by atoms with Crippen molar-refractivity contribution < 1.29 is 18.3 Å². The summed E-state index contributed by atoms with van der Waals surface area (Å²) in [4.78, 5) is 11.6. The maximum absolute atomic E-state index is 11.6. The molecule has 1 N–H and O–H groups in total. The van der Waals surface area contributed by atoms with Gasteiger partial charge in [-0.15, -0.1) is 5.10 Å². The highest BCUT2D eigenvalue weighted by Gasteiger charge is 2.21. The van der Waals surface area contributed by atoms with Gasteiger partial charge in [0.15, 0.2) is 15.5 Å². The molecule has 122 valence electrons. The van der Waals surface area contributed by atoms with Gasteiger partial charge in [-0.2, -0.15) is 0 Å². The summed E-state index contributed by atoms with van der Waals surface area (Å²) in [7, 11) is -3.31. The number of carboxylic acid groups (broad SMARTS) is 1. The molecule has 3 rings (SSSR count). The lowest BCUT2D eigenvalue weighted by atomic mass is 10.1. The van der Waals surface area contributed by atoms with Crippen LogP contribution >= 0.6 is 0 Å². The minimum absolute atomic E-state index is 0.172. The van der Waals surface area contributed by atoms with Crippen molar-refractivity contribution in [3.8, 4) is 16.9 Å². The molecule has 2 aromatic carbocycles. The maximum atomic E-state index is 11.6. The van der Waals surface area contributed by atoms with Crippen LogP contribution < -0.4 is 0 Å². The second kappa shape index (κ2) is 5.89. The van der Waals surface area contributed by atoms with E-state index in [1.807, 2.05) is 6.07 Å². The molecule has 0 saturated carbocycles. The van der Waals surface area contributed by atoms with Crippen molar-refractivity contribution in [1.29, 1.82) is 0 Å². The third kappa shape index (κ3) is 2.91. The summed E-state index contributed by atoms with van der Waals surface area (Å²) in [6, 6.07) is 14.9. The number of carbonyl (C=O) groups is 1. The van der Waals surface area contributed by atoms with Gasteiger partial charge >= 0.3 is 5.97 Å². The summed E-state index contributed by atoms with van der Waals surface area (Å²) in [6.45, 7) is 0. The highest BCUT2D eigenvalue weighted by molar-refractivity contribution is 7.90. The van der Waals surface area contributed by atoms with E-state index in [4.69, 9.17) is 0 Å². The fourth-order valence-electron chi connectivity index (χ4n) is 2.30. The number of aromatic carboxylic acids is 1. The van der Waals surface area contributed by atoms with Crippen LogP contribution in [-0.4, -0.2) is 40.7 Å². The number of nitrogens with zero attached hydrogens (tertiary/aromatic N) is 3. The number of aromatic nitrogens is 3. The molecule has 0 spiro atoms. The first kappa shape index (κ1) is 15.9. The van der Waals surface area contributed by atoms with Gasteiger partial charge in [0, 0.05) is 11.8 Å². The van der Waals surface area contributed by atoms with E-state index >= 15 is 0 Å². The molecule has 0 amide bonds. The smallest absolute Gasteiger partial charge is 0.358 e. The van der Waals surface area contributed by atoms with E-state index in [9.17, 15) is 18.3 Å². The molecular weight excluding hydrogens is 330 g/mol. The minimum Gasteiger partial charge on any atom is -0.476 e. The molecule has 0 aliphatic rings.